The molecule has 0 aliphatic rings. The number of carbonyl (C=O) groups is 1. The van der Waals surface area contributed by atoms with Gasteiger partial charge in [-0.05, 0) is 30.7 Å². The Hall–Kier alpha value is -1.06. The van der Waals surface area contributed by atoms with Gasteiger partial charge in [-0.2, -0.15) is 0 Å². The van der Waals surface area contributed by atoms with Crippen LogP contribution in [0, 0.1) is 0 Å². The summed E-state index contributed by atoms with van der Waals surface area (Å²) in [6, 6.07) is 7.72. The number of halogens is 1. The van der Waals surface area contributed by atoms with E-state index >= 15 is 0 Å². The minimum atomic E-state index is 0.00565. The fourth-order valence-corrected chi connectivity index (χ4v) is 1.30. The Morgan fingerprint density at radius 1 is 1.33 bits per heavy atom. The van der Waals surface area contributed by atoms with E-state index in [1.54, 1.807) is 7.05 Å². The maximum absolute atomic E-state index is 10.9. The highest BCUT2D eigenvalue weighted by Crippen LogP contribution is 2.09. The summed E-state index contributed by atoms with van der Waals surface area (Å²) < 4.78 is 0. The quantitative estimate of drug-likeness (QED) is 0.742. The van der Waals surface area contributed by atoms with Crippen molar-refractivity contribution in [1.82, 2.24) is 10.6 Å². The summed E-state index contributed by atoms with van der Waals surface area (Å²) in [6.45, 7) is 1.15. The first-order valence-corrected chi connectivity index (χ1v) is 5.26. The molecular weight excluding hydrogens is 212 g/mol. The van der Waals surface area contributed by atoms with E-state index in [1.807, 2.05) is 24.3 Å². The van der Waals surface area contributed by atoms with Crippen molar-refractivity contribution < 1.29 is 4.79 Å². The first-order chi connectivity index (χ1) is 7.22. The molecule has 0 radical (unpaired) electrons. The van der Waals surface area contributed by atoms with Gasteiger partial charge in [-0.15, -0.1) is 0 Å². The van der Waals surface area contributed by atoms with Crippen molar-refractivity contribution in [2.24, 2.45) is 0 Å². The number of hydrogen-bond acceptors (Lipinski definition) is 2. The maximum Gasteiger partial charge on any atom is 0.233 e. The van der Waals surface area contributed by atoms with Crippen LogP contribution in [-0.2, 0) is 11.2 Å². The first-order valence-electron chi connectivity index (χ1n) is 4.88. The van der Waals surface area contributed by atoms with Crippen molar-refractivity contribution >= 4 is 17.5 Å². The van der Waals surface area contributed by atoms with E-state index in [1.165, 1.54) is 5.56 Å². The van der Waals surface area contributed by atoms with Gasteiger partial charge in [0.1, 0.15) is 0 Å². The van der Waals surface area contributed by atoms with Gasteiger partial charge in [-0.25, -0.2) is 0 Å². The molecule has 0 unspecified atom stereocenters. The van der Waals surface area contributed by atoms with Crippen molar-refractivity contribution in [3.63, 3.8) is 0 Å². The van der Waals surface area contributed by atoms with Gasteiger partial charge in [-0.1, -0.05) is 23.7 Å². The molecule has 4 heteroatoms. The van der Waals surface area contributed by atoms with E-state index in [-0.39, 0.29) is 5.91 Å². The minimum absolute atomic E-state index is 0.00565. The fourth-order valence-electron chi connectivity index (χ4n) is 1.17. The van der Waals surface area contributed by atoms with Gasteiger partial charge in [0.25, 0.3) is 0 Å². The molecule has 0 aliphatic carbocycles. The average molecular weight is 227 g/mol. The lowest BCUT2D eigenvalue weighted by Crippen LogP contribution is -2.32. The summed E-state index contributed by atoms with van der Waals surface area (Å²) in [7, 11) is 1.63. The Kier molecular flexibility index (Phi) is 5.15. The zero-order chi connectivity index (χ0) is 11.1. The third-order valence-corrected chi connectivity index (χ3v) is 2.32. The third-order valence-electron chi connectivity index (χ3n) is 2.07. The largest absolute Gasteiger partial charge is 0.358 e. The second kappa shape index (κ2) is 6.43. The number of carbonyl (C=O) groups excluding carboxylic acids is 1. The predicted molar refractivity (Wildman–Crippen MR) is 62.1 cm³/mol. The van der Waals surface area contributed by atoms with E-state index < -0.39 is 0 Å². The van der Waals surface area contributed by atoms with E-state index in [0.29, 0.717) is 6.54 Å². The van der Waals surface area contributed by atoms with Gasteiger partial charge in [0.05, 0.1) is 6.54 Å². The highest BCUT2D eigenvalue weighted by atomic mass is 35.5. The average Bonchev–Trinajstić information content (AvgIpc) is 2.26. The smallest absolute Gasteiger partial charge is 0.233 e. The van der Waals surface area contributed by atoms with Crippen LogP contribution in [0.5, 0.6) is 0 Å². The summed E-state index contributed by atoms with van der Waals surface area (Å²) >= 11 is 5.76. The van der Waals surface area contributed by atoms with Crippen LogP contribution in [0.3, 0.4) is 0 Å². The van der Waals surface area contributed by atoms with Crippen LogP contribution < -0.4 is 10.6 Å². The molecule has 82 valence electrons. The molecule has 15 heavy (non-hydrogen) atoms. The SMILES string of the molecule is CNC(=O)CNCCc1ccc(Cl)cc1. The molecular formula is C11H15ClN2O. The van der Waals surface area contributed by atoms with Crippen LogP contribution in [0.4, 0.5) is 0 Å². The molecule has 0 fully saturated rings. The van der Waals surface area contributed by atoms with E-state index in [0.717, 1.165) is 18.0 Å². The van der Waals surface area contributed by atoms with Crippen LogP contribution in [-0.4, -0.2) is 26.0 Å². The summed E-state index contributed by atoms with van der Waals surface area (Å²) in [5.41, 5.74) is 1.21. The van der Waals surface area contributed by atoms with E-state index in [2.05, 4.69) is 10.6 Å². The summed E-state index contributed by atoms with van der Waals surface area (Å²) in [6.07, 6.45) is 0.897. The summed E-state index contributed by atoms with van der Waals surface area (Å²) in [5, 5.41) is 6.35. The summed E-state index contributed by atoms with van der Waals surface area (Å²) in [4.78, 5) is 10.9. The Balaban J connectivity index is 2.20. The molecule has 0 aromatic heterocycles. The second-order valence-corrected chi connectivity index (χ2v) is 3.66. The van der Waals surface area contributed by atoms with Crippen LogP contribution in [0.25, 0.3) is 0 Å². The number of amides is 1. The highest BCUT2D eigenvalue weighted by Gasteiger charge is 1.96. The molecule has 1 rings (SSSR count). The molecule has 0 spiro atoms. The van der Waals surface area contributed by atoms with Crippen LogP contribution in [0.15, 0.2) is 24.3 Å². The molecule has 1 amide bonds. The lowest BCUT2D eigenvalue weighted by Gasteiger charge is -2.04. The number of hydrogen-bond donors (Lipinski definition) is 2. The molecule has 0 heterocycles. The van der Waals surface area contributed by atoms with Crippen molar-refractivity contribution in [1.29, 1.82) is 0 Å². The van der Waals surface area contributed by atoms with Crippen LogP contribution in [0.2, 0.25) is 5.02 Å². The van der Waals surface area contributed by atoms with Gasteiger partial charge in [0, 0.05) is 12.1 Å². The Labute approximate surface area is 94.8 Å². The number of nitrogens with one attached hydrogen (secondary N) is 2. The fraction of sp³-hybridized carbons (Fsp3) is 0.364. The number of rotatable bonds is 5. The molecule has 0 aliphatic heterocycles. The van der Waals surface area contributed by atoms with Crippen LogP contribution >= 0.6 is 11.6 Å². The first kappa shape index (κ1) is 12.0. The predicted octanol–water partition coefficient (Wildman–Crippen LogP) is 1.22. The Morgan fingerprint density at radius 2 is 2.00 bits per heavy atom. The monoisotopic (exact) mass is 226 g/mol. The zero-order valence-electron chi connectivity index (χ0n) is 8.72. The van der Waals surface area contributed by atoms with Crippen molar-refractivity contribution in [3.05, 3.63) is 34.9 Å². The molecule has 1 aromatic rings. The molecule has 2 N–H and O–H groups in total. The van der Waals surface area contributed by atoms with Gasteiger partial charge in [0.15, 0.2) is 0 Å². The maximum atomic E-state index is 10.9. The molecule has 1 aromatic carbocycles. The second-order valence-electron chi connectivity index (χ2n) is 3.23. The Morgan fingerprint density at radius 3 is 2.60 bits per heavy atom. The lowest BCUT2D eigenvalue weighted by atomic mass is 10.1. The minimum Gasteiger partial charge on any atom is -0.358 e. The molecule has 0 saturated carbocycles. The molecule has 0 saturated heterocycles. The lowest BCUT2D eigenvalue weighted by molar-refractivity contribution is -0.119. The molecule has 0 bridgehead atoms. The highest BCUT2D eigenvalue weighted by molar-refractivity contribution is 6.30. The van der Waals surface area contributed by atoms with E-state index in [9.17, 15) is 4.79 Å². The van der Waals surface area contributed by atoms with Crippen molar-refractivity contribution in [3.8, 4) is 0 Å². The van der Waals surface area contributed by atoms with Crippen molar-refractivity contribution in [2.75, 3.05) is 20.1 Å². The van der Waals surface area contributed by atoms with E-state index in [4.69, 9.17) is 11.6 Å². The normalized spacial score (nSPS) is 10.0. The van der Waals surface area contributed by atoms with Gasteiger partial charge in [-0.3, -0.25) is 4.79 Å². The summed E-state index contributed by atoms with van der Waals surface area (Å²) in [5.74, 6) is 0.00565. The standard InChI is InChI=1S/C11H15ClN2O/c1-13-11(15)8-14-7-6-9-2-4-10(12)5-3-9/h2-5,14H,6-8H2,1H3,(H,13,15). The number of benzene rings is 1. The molecule has 3 nitrogen and oxygen atoms in total. The topological polar surface area (TPSA) is 41.1 Å². The van der Waals surface area contributed by atoms with Gasteiger partial charge in [0.2, 0.25) is 5.91 Å². The van der Waals surface area contributed by atoms with Gasteiger partial charge >= 0.3 is 0 Å². The van der Waals surface area contributed by atoms with Crippen LogP contribution in [0.1, 0.15) is 5.56 Å². The zero-order valence-corrected chi connectivity index (χ0v) is 9.47. The molecule has 0 atom stereocenters. The third kappa shape index (κ3) is 4.81. The van der Waals surface area contributed by atoms with Crippen molar-refractivity contribution in [2.45, 2.75) is 6.42 Å². The van der Waals surface area contributed by atoms with Gasteiger partial charge < -0.3 is 10.6 Å². The number of likely N-dealkylation sites (N-methyl/N-ethyl adjacent to an activating group) is 1. The Bertz CT molecular complexity index is 311.